The van der Waals surface area contributed by atoms with Gasteiger partial charge in [-0.25, -0.2) is 0 Å². The zero-order chi connectivity index (χ0) is 25.3. The van der Waals surface area contributed by atoms with Crippen LogP contribution < -0.4 is 0 Å². The first kappa shape index (κ1) is 26.6. The van der Waals surface area contributed by atoms with Gasteiger partial charge in [-0.1, -0.05) is 69.3 Å². The molecule has 0 aliphatic rings. The molecule has 186 valence electrons. The number of rotatable bonds is 11. The predicted molar refractivity (Wildman–Crippen MR) is 143 cm³/mol. The highest BCUT2D eigenvalue weighted by molar-refractivity contribution is 7.09. The largest absolute Gasteiger partial charge is 0.385 e. The van der Waals surface area contributed by atoms with Gasteiger partial charge in [-0.2, -0.15) is 0 Å². The van der Waals surface area contributed by atoms with Crippen molar-refractivity contribution < 1.29 is 14.3 Å². The molecule has 0 radical (unpaired) electrons. The molecular weight excluding hydrogens is 456 g/mol. The number of hydrogen-bond acceptors (Lipinski definition) is 4. The van der Waals surface area contributed by atoms with Gasteiger partial charge in [0.1, 0.15) is 6.54 Å². The quantitative estimate of drug-likeness (QED) is 0.320. The van der Waals surface area contributed by atoms with Crippen LogP contribution >= 0.6 is 11.3 Å². The van der Waals surface area contributed by atoms with Crippen molar-refractivity contribution >= 4 is 23.2 Å². The Kier molecular flexibility index (Phi) is 9.64. The first-order chi connectivity index (χ1) is 16.8. The molecule has 0 spiro atoms. The van der Waals surface area contributed by atoms with E-state index in [2.05, 4.69) is 20.8 Å². The molecule has 1 aromatic heterocycles. The van der Waals surface area contributed by atoms with E-state index in [1.165, 1.54) is 5.56 Å². The topological polar surface area (TPSA) is 49.9 Å². The summed E-state index contributed by atoms with van der Waals surface area (Å²) < 4.78 is 5.20. The van der Waals surface area contributed by atoms with Gasteiger partial charge < -0.3 is 14.5 Å². The Morgan fingerprint density at radius 3 is 2.20 bits per heavy atom. The normalized spacial score (nSPS) is 11.3. The van der Waals surface area contributed by atoms with E-state index in [0.717, 1.165) is 10.4 Å². The summed E-state index contributed by atoms with van der Waals surface area (Å²) in [6, 6.07) is 21.7. The second-order valence-corrected chi connectivity index (χ2v) is 10.7. The fraction of sp³-hybridized carbons (Fsp3) is 0.379. The molecule has 2 amide bonds. The van der Waals surface area contributed by atoms with E-state index in [9.17, 15) is 9.59 Å². The van der Waals surface area contributed by atoms with Gasteiger partial charge >= 0.3 is 0 Å². The average Bonchev–Trinajstić information content (AvgIpc) is 3.36. The molecule has 6 heteroatoms. The molecular formula is C29H36N2O3S. The second kappa shape index (κ2) is 12.7. The molecule has 0 saturated heterocycles. The van der Waals surface area contributed by atoms with Crippen molar-refractivity contribution in [1.29, 1.82) is 0 Å². The molecule has 0 aliphatic heterocycles. The van der Waals surface area contributed by atoms with E-state index >= 15 is 0 Å². The third-order valence-corrected chi connectivity index (χ3v) is 6.74. The van der Waals surface area contributed by atoms with Crippen LogP contribution in [0.3, 0.4) is 0 Å². The number of amides is 2. The van der Waals surface area contributed by atoms with Crippen LogP contribution in [-0.2, 0) is 28.0 Å². The Morgan fingerprint density at radius 2 is 1.60 bits per heavy atom. The van der Waals surface area contributed by atoms with Gasteiger partial charge in [0, 0.05) is 37.2 Å². The maximum absolute atomic E-state index is 13.5. The summed E-state index contributed by atoms with van der Waals surface area (Å²) in [6.45, 7) is 8.48. The zero-order valence-corrected chi connectivity index (χ0v) is 22.0. The van der Waals surface area contributed by atoms with Gasteiger partial charge in [0.15, 0.2) is 0 Å². The molecule has 0 aliphatic carbocycles. The minimum Gasteiger partial charge on any atom is -0.385 e. The van der Waals surface area contributed by atoms with Crippen LogP contribution in [0.1, 0.15) is 53.6 Å². The van der Waals surface area contributed by atoms with E-state index in [0.29, 0.717) is 38.2 Å². The lowest BCUT2D eigenvalue weighted by Crippen LogP contribution is -2.43. The van der Waals surface area contributed by atoms with Crippen molar-refractivity contribution in [2.24, 2.45) is 0 Å². The number of ether oxygens (including phenoxy) is 1. The lowest BCUT2D eigenvalue weighted by atomic mass is 9.86. The summed E-state index contributed by atoms with van der Waals surface area (Å²) in [5.74, 6) is -0.204. The van der Waals surface area contributed by atoms with E-state index in [-0.39, 0.29) is 23.8 Å². The molecule has 1 heterocycles. The maximum Gasteiger partial charge on any atom is 0.254 e. The Hall–Kier alpha value is -2.96. The van der Waals surface area contributed by atoms with E-state index in [1.807, 2.05) is 77.0 Å². The van der Waals surface area contributed by atoms with E-state index in [4.69, 9.17) is 4.74 Å². The van der Waals surface area contributed by atoms with Crippen LogP contribution in [-0.4, -0.2) is 48.4 Å². The lowest BCUT2D eigenvalue weighted by molar-refractivity contribution is -0.133. The number of nitrogens with zero attached hydrogens (tertiary/aromatic N) is 2. The average molecular weight is 493 g/mol. The molecule has 0 saturated carbocycles. The molecule has 0 N–H and O–H groups in total. The van der Waals surface area contributed by atoms with Crippen molar-refractivity contribution in [3.05, 3.63) is 93.7 Å². The van der Waals surface area contributed by atoms with Crippen molar-refractivity contribution in [2.45, 2.75) is 45.7 Å². The smallest absolute Gasteiger partial charge is 0.254 e. The highest BCUT2D eigenvalue weighted by Gasteiger charge is 2.23. The van der Waals surface area contributed by atoms with Crippen molar-refractivity contribution in [3.63, 3.8) is 0 Å². The summed E-state index contributed by atoms with van der Waals surface area (Å²) in [5, 5.41) is 2.02. The number of methoxy groups -OCH3 is 1. The van der Waals surface area contributed by atoms with E-state index < -0.39 is 0 Å². The van der Waals surface area contributed by atoms with Crippen LogP contribution in [0.15, 0.2) is 72.1 Å². The molecule has 2 aromatic carbocycles. The van der Waals surface area contributed by atoms with Crippen molar-refractivity contribution in [3.8, 4) is 0 Å². The Morgan fingerprint density at radius 1 is 0.886 bits per heavy atom. The Labute approximate surface area is 213 Å². The number of benzene rings is 2. The molecule has 0 bridgehead atoms. The van der Waals surface area contributed by atoms with Crippen LogP contribution in [0.5, 0.6) is 0 Å². The molecule has 35 heavy (non-hydrogen) atoms. The second-order valence-electron chi connectivity index (χ2n) is 9.72. The molecule has 5 nitrogen and oxygen atoms in total. The Balaban J connectivity index is 1.79. The third-order valence-electron chi connectivity index (χ3n) is 5.88. The molecule has 3 aromatic rings. The Bertz CT molecular complexity index is 1060. The summed E-state index contributed by atoms with van der Waals surface area (Å²) in [4.78, 5) is 31.6. The van der Waals surface area contributed by atoms with Crippen LogP contribution in [0.25, 0.3) is 0 Å². The number of carbonyl (C=O) groups excluding carboxylic acids is 2. The third kappa shape index (κ3) is 8.05. The van der Waals surface area contributed by atoms with Gasteiger partial charge in [-0.3, -0.25) is 9.59 Å². The minimum atomic E-state index is -0.134. The van der Waals surface area contributed by atoms with Gasteiger partial charge in [-0.15, -0.1) is 11.3 Å². The summed E-state index contributed by atoms with van der Waals surface area (Å²) in [7, 11) is 1.64. The highest BCUT2D eigenvalue weighted by Crippen LogP contribution is 2.23. The van der Waals surface area contributed by atoms with Crippen LogP contribution in [0, 0.1) is 0 Å². The lowest BCUT2D eigenvalue weighted by Gasteiger charge is -2.28. The standard InChI is InChI=1S/C29H36N2O3S/c1-29(2,3)25-15-13-24(14-16-25)28(33)30(17-9-18-34-4)22-27(32)31(21-26-12-8-19-35-26)20-23-10-6-5-7-11-23/h5-8,10-16,19H,9,17-18,20-22H2,1-4H3. The van der Waals surface area contributed by atoms with Crippen LogP contribution in [0.2, 0.25) is 0 Å². The van der Waals surface area contributed by atoms with Gasteiger partial charge in [0.05, 0.1) is 6.54 Å². The maximum atomic E-state index is 13.5. The highest BCUT2D eigenvalue weighted by atomic mass is 32.1. The van der Waals surface area contributed by atoms with E-state index in [1.54, 1.807) is 23.3 Å². The summed E-state index contributed by atoms with van der Waals surface area (Å²) >= 11 is 1.63. The fourth-order valence-corrected chi connectivity index (χ4v) is 4.56. The van der Waals surface area contributed by atoms with Gasteiger partial charge in [0.2, 0.25) is 5.91 Å². The predicted octanol–water partition coefficient (Wildman–Crippen LogP) is 5.75. The number of hydrogen-bond donors (Lipinski definition) is 0. The monoisotopic (exact) mass is 492 g/mol. The zero-order valence-electron chi connectivity index (χ0n) is 21.2. The first-order valence-electron chi connectivity index (χ1n) is 12.0. The van der Waals surface area contributed by atoms with Crippen LogP contribution in [0.4, 0.5) is 0 Å². The summed E-state index contributed by atoms with van der Waals surface area (Å²) in [5.41, 5.74) is 2.83. The van der Waals surface area contributed by atoms with Gasteiger partial charge in [0.25, 0.3) is 5.91 Å². The van der Waals surface area contributed by atoms with Gasteiger partial charge in [-0.05, 0) is 46.5 Å². The fourth-order valence-electron chi connectivity index (χ4n) is 3.84. The number of carbonyl (C=O) groups is 2. The minimum absolute atomic E-state index is 0.00935. The molecule has 0 atom stereocenters. The van der Waals surface area contributed by atoms with Crippen molar-refractivity contribution in [2.75, 3.05) is 26.8 Å². The SMILES string of the molecule is COCCCN(CC(=O)N(Cc1ccccc1)Cc1cccs1)C(=O)c1ccc(C(C)(C)C)cc1. The molecule has 0 fully saturated rings. The van der Waals surface area contributed by atoms with Crippen molar-refractivity contribution in [1.82, 2.24) is 9.80 Å². The first-order valence-corrected chi connectivity index (χ1v) is 12.9. The number of thiophene rings is 1. The summed E-state index contributed by atoms with van der Waals surface area (Å²) in [6.07, 6.45) is 0.666. The molecule has 0 unspecified atom stereocenters. The molecule has 3 rings (SSSR count).